The Morgan fingerprint density at radius 3 is 1.15 bits per heavy atom. The Morgan fingerprint density at radius 1 is 0.317 bits per heavy atom. The molecule has 60 heavy (non-hydrogen) atoms. The van der Waals surface area contributed by atoms with E-state index in [1.807, 2.05) is 135 Å². The van der Waals surface area contributed by atoms with E-state index < -0.39 is 0 Å². The van der Waals surface area contributed by atoms with Gasteiger partial charge >= 0.3 is 0 Å². The van der Waals surface area contributed by atoms with Crippen molar-refractivity contribution in [2.24, 2.45) is 0 Å². The summed E-state index contributed by atoms with van der Waals surface area (Å²) in [6.07, 6.45) is 0. The van der Waals surface area contributed by atoms with Gasteiger partial charge in [0.15, 0.2) is 21.7 Å². The Kier molecular flexibility index (Phi) is 6.98. The second kappa shape index (κ2) is 12.3. The molecule has 12 rings (SSSR count). The summed E-state index contributed by atoms with van der Waals surface area (Å²) in [4.78, 5) is 56.8. The first-order valence-electron chi connectivity index (χ1n) is 20.0. The molecule has 0 spiro atoms. The van der Waals surface area contributed by atoms with Crippen molar-refractivity contribution in [3.63, 3.8) is 0 Å². The van der Waals surface area contributed by atoms with Crippen LogP contribution >= 0.6 is 0 Å². The predicted octanol–water partition coefficient (Wildman–Crippen LogP) is 11.0. The van der Waals surface area contributed by atoms with Gasteiger partial charge in [0, 0.05) is 43.1 Å². The molecule has 4 heterocycles. The van der Waals surface area contributed by atoms with Gasteiger partial charge in [-0.1, -0.05) is 84.9 Å². The summed E-state index contributed by atoms with van der Waals surface area (Å²) in [5.41, 5.74) is 11.1. The van der Waals surface area contributed by atoms with Crippen LogP contribution in [0.4, 0.5) is 0 Å². The molecule has 0 aliphatic heterocycles. The molecule has 0 bridgehead atoms. The number of rotatable bonds is 3. The van der Waals surface area contributed by atoms with Gasteiger partial charge in [0.25, 0.3) is 0 Å². The molecule has 12 aromatic rings. The number of benzene rings is 8. The quantitative estimate of drug-likeness (QED) is 0.132. The highest BCUT2D eigenvalue weighted by Gasteiger charge is 2.22. The van der Waals surface area contributed by atoms with Crippen LogP contribution in [0, 0.1) is 13.8 Å². The van der Waals surface area contributed by atoms with E-state index >= 15 is 0 Å². The van der Waals surface area contributed by atoms with Gasteiger partial charge in [-0.15, -0.1) is 0 Å². The highest BCUT2D eigenvalue weighted by atomic mass is 16.1. The molecule has 0 radical (unpaired) electrons. The Bertz CT molecular complexity index is 3870. The maximum absolute atomic E-state index is 14.6. The number of aryl methyl sites for hydroxylation is 2. The summed E-state index contributed by atoms with van der Waals surface area (Å²) in [7, 11) is 0. The maximum Gasteiger partial charge on any atom is 0.197 e. The van der Waals surface area contributed by atoms with Gasteiger partial charge in [0.2, 0.25) is 0 Å². The molecule has 0 aliphatic rings. The van der Waals surface area contributed by atoms with Crippen LogP contribution in [0.25, 0.3) is 110 Å². The van der Waals surface area contributed by atoms with Crippen LogP contribution in [-0.2, 0) is 0 Å². The van der Waals surface area contributed by atoms with Gasteiger partial charge < -0.3 is 8.80 Å². The molecule has 0 unspecified atom stereocenters. The molecular weight excluding hydrogens is 741 g/mol. The van der Waals surface area contributed by atoms with Gasteiger partial charge in [0.05, 0.1) is 33.1 Å². The Morgan fingerprint density at radius 2 is 0.700 bits per heavy atom. The zero-order chi connectivity index (χ0) is 40.6. The van der Waals surface area contributed by atoms with Gasteiger partial charge in [-0.2, -0.15) is 0 Å². The SMILES string of the molecule is Cc1cc2c(=O)c3ccccc3n3c4ccc(-c5cccc(-c6ccc7c(c6)c(=O)c6cc(C)cc8c(=O)c9ccccc9n7c86)c5-c5ccccc5)cc4c(=O)c(c1)c23. The van der Waals surface area contributed by atoms with E-state index in [-0.39, 0.29) is 21.7 Å². The van der Waals surface area contributed by atoms with Crippen LogP contribution in [0.2, 0.25) is 0 Å². The normalized spacial score (nSPS) is 12.1. The molecule has 6 nitrogen and oxygen atoms in total. The highest BCUT2D eigenvalue weighted by molar-refractivity contribution is 6.11. The summed E-state index contributed by atoms with van der Waals surface area (Å²) in [6, 6.07) is 51.1. The second-order valence-corrected chi connectivity index (χ2v) is 16.0. The predicted molar refractivity (Wildman–Crippen MR) is 247 cm³/mol. The maximum atomic E-state index is 14.6. The van der Waals surface area contributed by atoms with Gasteiger partial charge in [-0.25, -0.2) is 0 Å². The molecule has 0 atom stereocenters. The number of para-hydroxylation sites is 2. The van der Waals surface area contributed by atoms with Crippen molar-refractivity contribution >= 4 is 76.2 Å². The van der Waals surface area contributed by atoms with Crippen LogP contribution in [0.1, 0.15) is 11.1 Å². The third-order valence-electron chi connectivity index (χ3n) is 12.4. The number of pyridine rings is 4. The van der Waals surface area contributed by atoms with E-state index in [1.165, 1.54) is 0 Å². The van der Waals surface area contributed by atoms with E-state index in [0.29, 0.717) is 54.1 Å². The van der Waals surface area contributed by atoms with Crippen molar-refractivity contribution < 1.29 is 0 Å². The highest BCUT2D eigenvalue weighted by Crippen LogP contribution is 2.42. The Labute approximate surface area is 340 Å². The topological polar surface area (TPSA) is 77.1 Å². The lowest BCUT2D eigenvalue weighted by Crippen LogP contribution is -2.14. The fourth-order valence-electron chi connectivity index (χ4n) is 9.88. The molecule has 0 saturated carbocycles. The van der Waals surface area contributed by atoms with Gasteiger partial charge in [0.1, 0.15) is 0 Å². The van der Waals surface area contributed by atoms with Gasteiger partial charge in [-0.05, 0) is 131 Å². The Balaban J connectivity index is 1.15. The summed E-state index contributed by atoms with van der Waals surface area (Å²) >= 11 is 0. The van der Waals surface area contributed by atoms with Crippen molar-refractivity contribution in [2.45, 2.75) is 13.8 Å². The third kappa shape index (κ3) is 4.58. The minimum absolute atomic E-state index is 0.0808. The first kappa shape index (κ1) is 34.1. The van der Waals surface area contributed by atoms with E-state index in [0.717, 1.165) is 66.6 Å². The molecule has 8 aromatic carbocycles. The number of hydrogen-bond donors (Lipinski definition) is 0. The molecule has 282 valence electrons. The standard InChI is InChI=1S/C54H32N2O4/c1-29-23-40-49-42(25-29)53(59)38-27-32(19-21-46(38)55(49)44-17-8-6-13-36(44)51(40)57)34-15-10-16-35(48(34)31-11-4-3-5-12-31)33-20-22-47-39(28-33)54(60)43-26-30(2)24-41-50(43)56(47)45-18-9-7-14-37(45)52(41)58/h3-28H,1-2H3. The molecule has 0 saturated heterocycles. The zero-order valence-electron chi connectivity index (χ0n) is 32.5. The molecule has 0 amide bonds. The van der Waals surface area contributed by atoms with E-state index in [2.05, 4.69) is 45.2 Å². The molecule has 4 aromatic heterocycles. The second-order valence-electron chi connectivity index (χ2n) is 16.0. The van der Waals surface area contributed by atoms with Crippen molar-refractivity contribution in [2.75, 3.05) is 0 Å². The fraction of sp³-hybridized carbons (Fsp3) is 0.0370. The average Bonchev–Trinajstić information content (AvgIpc) is 3.28. The first-order chi connectivity index (χ1) is 29.3. The summed E-state index contributed by atoms with van der Waals surface area (Å²) in [5, 5.41) is 4.40. The lowest BCUT2D eigenvalue weighted by molar-refractivity contribution is 1.30. The summed E-state index contributed by atoms with van der Waals surface area (Å²) < 4.78 is 4.14. The lowest BCUT2D eigenvalue weighted by atomic mass is 9.86. The van der Waals surface area contributed by atoms with E-state index in [9.17, 15) is 19.2 Å². The smallest absolute Gasteiger partial charge is 0.197 e. The monoisotopic (exact) mass is 772 g/mol. The first-order valence-corrected chi connectivity index (χ1v) is 20.0. The van der Waals surface area contributed by atoms with E-state index in [4.69, 9.17) is 0 Å². The lowest BCUT2D eigenvalue weighted by Gasteiger charge is -2.19. The molecule has 0 N–H and O–H groups in total. The van der Waals surface area contributed by atoms with Crippen LogP contribution in [-0.4, -0.2) is 8.80 Å². The summed E-state index contributed by atoms with van der Waals surface area (Å²) in [6.45, 7) is 3.84. The number of fused-ring (bicyclic) bond motifs is 8. The number of nitrogens with zero attached hydrogens (tertiary/aromatic N) is 2. The summed E-state index contributed by atoms with van der Waals surface area (Å²) in [5.74, 6) is 0. The van der Waals surface area contributed by atoms with Crippen LogP contribution < -0.4 is 21.7 Å². The van der Waals surface area contributed by atoms with Crippen molar-refractivity contribution in [1.82, 2.24) is 8.80 Å². The Hall–Kier alpha value is -7.96. The van der Waals surface area contributed by atoms with Crippen molar-refractivity contribution in [3.8, 4) is 33.4 Å². The van der Waals surface area contributed by atoms with Gasteiger partial charge in [-0.3, -0.25) is 19.2 Å². The fourth-order valence-corrected chi connectivity index (χ4v) is 9.88. The van der Waals surface area contributed by atoms with E-state index in [1.54, 1.807) is 0 Å². The average molecular weight is 773 g/mol. The number of hydrogen-bond acceptors (Lipinski definition) is 4. The van der Waals surface area contributed by atoms with Crippen LogP contribution in [0.15, 0.2) is 177 Å². The molecule has 0 fully saturated rings. The van der Waals surface area contributed by atoms with Crippen molar-refractivity contribution in [3.05, 3.63) is 210 Å². The van der Waals surface area contributed by atoms with Crippen LogP contribution in [0.5, 0.6) is 0 Å². The van der Waals surface area contributed by atoms with Crippen LogP contribution in [0.3, 0.4) is 0 Å². The molecule has 0 aliphatic carbocycles. The zero-order valence-corrected chi connectivity index (χ0v) is 32.5. The minimum atomic E-state index is -0.125. The third-order valence-corrected chi connectivity index (χ3v) is 12.4. The van der Waals surface area contributed by atoms with Crippen molar-refractivity contribution in [1.29, 1.82) is 0 Å². The molecule has 6 heteroatoms. The minimum Gasteiger partial charge on any atom is -0.308 e. The largest absolute Gasteiger partial charge is 0.308 e. The number of aromatic nitrogens is 2. The molecular formula is C54H32N2O4.